The van der Waals surface area contributed by atoms with Crippen molar-refractivity contribution in [2.75, 3.05) is 19.7 Å². The summed E-state index contributed by atoms with van der Waals surface area (Å²) in [4.78, 5) is 4.09. The minimum Gasteiger partial charge on any atom is -0.377 e. The summed E-state index contributed by atoms with van der Waals surface area (Å²) in [6.07, 6.45) is -0.150. The summed E-state index contributed by atoms with van der Waals surface area (Å²) >= 11 is 0. The molecule has 126 valence electrons. The van der Waals surface area contributed by atoms with Crippen molar-refractivity contribution in [3.63, 3.8) is 0 Å². The second-order valence-corrected chi connectivity index (χ2v) is 6.58. The minimum absolute atomic E-state index is 0.196. The van der Waals surface area contributed by atoms with Gasteiger partial charge in [-0.1, -0.05) is 6.42 Å². The number of hydrogen-bond acceptors (Lipinski definition) is 2. The number of rotatable bonds is 4. The molecule has 2 saturated carbocycles. The van der Waals surface area contributed by atoms with E-state index in [1.165, 1.54) is 6.42 Å². The maximum Gasteiger partial charge on any atom is 0.390 e. The summed E-state index contributed by atoms with van der Waals surface area (Å²) in [7, 11) is 0. The lowest BCUT2D eigenvalue weighted by molar-refractivity contribution is -0.171. The highest BCUT2D eigenvalue weighted by Gasteiger charge is 2.66. The standard InChI is InChI=1S/C15H24F3N3O/c1-2-19-13(20-8-7-15(16,17)18)21-11-10-4-9-22-12(10)14(11)5-3-6-14/h10-12H,2-9H2,1H3,(H2,19,20,21). The Balaban J connectivity index is 1.62. The molecule has 0 aromatic heterocycles. The van der Waals surface area contributed by atoms with Gasteiger partial charge in [-0.25, -0.2) is 0 Å². The quantitative estimate of drug-likeness (QED) is 0.618. The van der Waals surface area contributed by atoms with E-state index in [0.717, 1.165) is 25.9 Å². The molecule has 1 aliphatic heterocycles. The van der Waals surface area contributed by atoms with E-state index in [1.54, 1.807) is 0 Å². The van der Waals surface area contributed by atoms with Gasteiger partial charge in [0.2, 0.25) is 0 Å². The van der Waals surface area contributed by atoms with Crippen LogP contribution in [0.3, 0.4) is 0 Å². The topological polar surface area (TPSA) is 45.7 Å². The number of guanidine groups is 1. The number of nitrogens with one attached hydrogen (secondary N) is 2. The number of fused-ring (bicyclic) bond motifs is 2. The number of aliphatic imine (C=N–C) groups is 1. The van der Waals surface area contributed by atoms with Gasteiger partial charge in [0.1, 0.15) is 0 Å². The van der Waals surface area contributed by atoms with Crippen molar-refractivity contribution >= 4 is 5.96 Å². The molecular formula is C15H24F3N3O. The Bertz CT molecular complexity index is 434. The predicted molar refractivity (Wildman–Crippen MR) is 77.7 cm³/mol. The molecule has 22 heavy (non-hydrogen) atoms. The van der Waals surface area contributed by atoms with Gasteiger partial charge in [0.25, 0.3) is 0 Å². The number of nitrogens with zero attached hydrogens (tertiary/aromatic N) is 1. The lowest BCUT2D eigenvalue weighted by atomic mass is 9.46. The van der Waals surface area contributed by atoms with E-state index < -0.39 is 12.6 Å². The Hall–Kier alpha value is -0.980. The van der Waals surface area contributed by atoms with Gasteiger partial charge in [0, 0.05) is 30.5 Å². The zero-order chi connectivity index (χ0) is 15.8. The first-order valence-electron chi connectivity index (χ1n) is 8.19. The van der Waals surface area contributed by atoms with Gasteiger partial charge < -0.3 is 15.4 Å². The van der Waals surface area contributed by atoms with Gasteiger partial charge in [-0.2, -0.15) is 13.2 Å². The van der Waals surface area contributed by atoms with E-state index in [-0.39, 0.29) is 18.0 Å². The van der Waals surface area contributed by atoms with Gasteiger partial charge in [0.05, 0.1) is 19.1 Å². The van der Waals surface area contributed by atoms with Crippen LogP contribution in [0, 0.1) is 11.3 Å². The Morgan fingerprint density at radius 3 is 2.73 bits per heavy atom. The first-order valence-corrected chi connectivity index (χ1v) is 8.19. The average Bonchev–Trinajstić information content (AvgIpc) is 2.77. The van der Waals surface area contributed by atoms with Crippen LogP contribution in [0.4, 0.5) is 13.2 Å². The van der Waals surface area contributed by atoms with Crippen molar-refractivity contribution in [2.24, 2.45) is 16.3 Å². The summed E-state index contributed by atoms with van der Waals surface area (Å²) in [5, 5.41) is 6.46. The lowest BCUT2D eigenvalue weighted by Crippen LogP contribution is -2.72. The summed E-state index contributed by atoms with van der Waals surface area (Å²) < 4.78 is 42.7. The fraction of sp³-hybridized carbons (Fsp3) is 0.933. The molecule has 0 radical (unpaired) electrons. The third kappa shape index (κ3) is 2.79. The summed E-state index contributed by atoms with van der Waals surface area (Å²) in [6, 6.07) is 0.289. The van der Waals surface area contributed by atoms with Crippen LogP contribution in [0.1, 0.15) is 39.0 Å². The SMILES string of the molecule is CCNC(=NCCC(F)(F)F)NC1C2CCOC2C12CCC2. The molecule has 4 nitrogen and oxygen atoms in total. The van der Waals surface area contributed by atoms with E-state index in [9.17, 15) is 13.2 Å². The van der Waals surface area contributed by atoms with Gasteiger partial charge in [-0.15, -0.1) is 0 Å². The number of halogens is 3. The number of alkyl halides is 3. The van der Waals surface area contributed by atoms with Gasteiger partial charge in [0.15, 0.2) is 5.96 Å². The third-order valence-electron chi connectivity index (χ3n) is 5.34. The van der Waals surface area contributed by atoms with Crippen LogP contribution in [0.15, 0.2) is 4.99 Å². The van der Waals surface area contributed by atoms with E-state index in [0.29, 0.717) is 24.5 Å². The maximum absolute atomic E-state index is 12.3. The van der Waals surface area contributed by atoms with Crippen molar-refractivity contribution < 1.29 is 17.9 Å². The van der Waals surface area contributed by atoms with Crippen LogP contribution < -0.4 is 10.6 Å². The summed E-state index contributed by atoms with van der Waals surface area (Å²) in [6.45, 7) is 3.13. The Morgan fingerprint density at radius 2 is 2.14 bits per heavy atom. The molecule has 3 aliphatic rings. The summed E-state index contributed by atoms with van der Waals surface area (Å²) in [5.74, 6) is 0.986. The van der Waals surface area contributed by atoms with Crippen LogP contribution in [0.2, 0.25) is 0 Å². The van der Waals surface area contributed by atoms with E-state index in [1.807, 2.05) is 6.92 Å². The van der Waals surface area contributed by atoms with Crippen molar-refractivity contribution in [1.82, 2.24) is 10.6 Å². The second-order valence-electron chi connectivity index (χ2n) is 6.58. The molecule has 0 amide bonds. The molecule has 0 aromatic carbocycles. The van der Waals surface area contributed by atoms with E-state index in [4.69, 9.17) is 4.74 Å². The van der Waals surface area contributed by atoms with E-state index >= 15 is 0 Å². The van der Waals surface area contributed by atoms with E-state index in [2.05, 4.69) is 15.6 Å². The first kappa shape index (κ1) is 15.9. The molecule has 0 aromatic rings. The molecule has 1 heterocycles. The van der Waals surface area contributed by atoms with Gasteiger partial charge >= 0.3 is 6.18 Å². The maximum atomic E-state index is 12.3. The molecular weight excluding hydrogens is 295 g/mol. The largest absolute Gasteiger partial charge is 0.390 e. The molecule has 2 aliphatic carbocycles. The minimum atomic E-state index is -4.16. The number of ether oxygens (including phenoxy) is 1. The predicted octanol–water partition coefficient (Wildman–Crippen LogP) is 2.45. The van der Waals surface area contributed by atoms with Crippen LogP contribution in [-0.2, 0) is 4.74 Å². The lowest BCUT2D eigenvalue weighted by Gasteiger charge is -2.63. The highest BCUT2D eigenvalue weighted by molar-refractivity contribution is 5.80. The van der Waals surface area contributed by atoms with Crippen molar-refractivity contribution in [3.8, 4) is 0 Å². The van der Waals surface area contributed by atoms with Crippen LogP contribution in [0.5, 0.6) is 0 Å². The summed E-state index contributed by atoms with van der Waals surface area (Å²) in [5.41, 5.74) is 0.196. The third-order valence-corrected chi connectivity index (χ3v) is 5.34. The molecule has 3 rings (SSSR count). The average molecular weight is 319 g/mol. The zero-order valence-electron chi connectivity index (χ0n) is 12.9. The Kier molecular flexibility index (Phi) is 4.27. The Labute approximate surface area is 128 Å². The van der Waals surface area contributed by atoms with Crippen LogP contribution in [-0.4, -0.2) is 44.0 Å². The van der Waals surface area contributed by atoms with Gasteiger partial charge in [-0.3, -0.25) is 4.99 Å². The normalized spacial score (nSPS) is 33.1. The zero-order valence-corrected chi connectivity index (χ0v) is 12.9. The molecule has 2 N–H and O–H groups in total. The number of hydrogen-bond donors (Lipinski definition) is 2. The molecule has 7 heteroatoms. The molecule has 3 fully saturated rings. The molecule has 1 saturated heterocycles. The second kappa shape index (κ2) is 5.91. The monoisotopic (exact) mass is 319 g/mol. The Morgan fingerprint density at radius 1 is 1.36 bits per heavy atom. The molecule has 1 spiro atoms. The van der Waals surface area contributed by atoms with Crippen LogP contribution >= 0.6 is 0 Å². The molecule has 3 atom stereocenters. The van der Waals surface area contributed by atoms with Crippen LogP contribution in [0.25, 0.3) is 0 Å². The van der Waals surface area contributed by atoms with Crippen molar-refractivity contribution in [3.05, 3.63) is 0 Å². The van der Waals surface area contributed by atoms with Gasteiger partial charge in [-0.05, 0) is 26.2 Å². The van der Waals surface area contributed by atoms with Crippen molar-refractivity contribution in [2.45, 2.75) is 57.3 Å². The fourth-order valence-corrected chi connectivity index (χ4v) is 4.22. The molecule has 0 bridgehead atoms. The van der Waals surface area contributed by atoms with Crippen molar-refractivity contribution in [1.29, 1.82) is 0 Å². The highest BCUT2D eigenvalue weighted by atomic mass is 19.4. The highest BCUT2D eigenvalue weighted by Crippen LogP contribution is 2.62. The smallest absolute Gasteiger partial charge is 0.377 e. The molecule has 3 unspecified atom stereocenters. The fourth-order valence-electron chi connectivity index (χ4n) is 4.22. The first-order chi connectivity index (χ1) is 10.5.